The fourth-order valence-corrected chi connectivity index (χ4v) is 2.22. The number of carbonyl (C=O) groups is 1. The molecular formula is C14H20N2O. The monoisotopic (exact) mass is 232 g/mol. The topological polar surface area (TPSA) is 32.3 Å². The van der Waals surface area contributed by atoms with Gasteiger partial charge in [0.25, 0.3) is 0 Å². The van der Waals surface area contributed by atoms with Crippen molar-refractivity contribution >= 4 is 5.91 Å². The Morgan fingerprint density at radius 3 is 2.76 bits per heavy atom. The van der Waals surface area contributed by atoms with E-state index < -0.39 is 5.54 Å². The zero-order valence-electron chi connectivity index (χ0n) is 10.8. The summed E-state index contributed by atoms with van der Waals surface area (Å²) in [7, 11) is 0. The molecule has 0 unspecified atom stereocenters. The van der Waals surface area contributed by atoms with Crippen molar-refractivity contribution in [2.75, 3.05) is 13.1 Å². The molecule has 0 aromatic heterocycles. The van der Waals surface area contributed by atoms with Crippen LogP contribution in [-0.2, 0) is 11.3 Å². The lowest BCUT2D eigenvalue weighted by atomic mass is 9.99. The molecule has 2 rings (SSSR count). The molecule has 1 amide bonds. The second-order valence-corrected chi connectivity index (χ2v) is 5.20. The van der Waals surface area contributed by atoms with Crippen molar-refractivity contribution in [1.29, 1.82) is 0 Å². The summed E-state index contributed by atoms with van der Waals surface area (Å²) in [5.41, 5.74) is 2.05. The van der Waals surface area contributed by atoms with Gasteiger partial charge in [-0.1, -0.05) is 24.3 Å². The van der Waals surface area contributed by atoms with E-state index in [2.05, 4.69) is 24.4 Å². The zero-order valence-corrected chi connectivity index (χ0v) is 10.8. The lowest BCUT2D eigenvalue weighted by Crippen LogP contribution is -2.60. The molecule has 92 valence electrons. The molecule has 3 heteroatoms. The highest BCUT2D eigenvalue weighted by Gasteiger charge is 2.35. The fourth-order valence-electron chi connectivity index (χ4n) is 2.22. The molecule has 0 bridgehead atoms. The number of rotatable bonds is 2. The molecule has 0 atom stereocenters. The summed E-state index contributed by atoms with van der Waals surface area (Å²) in [5.74, 6) is 0.187. The van der Waals surface area contributed by atoms with Gasteiger partial charge in [0.1, 0.15) is 0 Å². The van der Waals surface area contributed by atoms with Crippen LogP contribution in [-0.4, -0.2) is 29.4 Å². The van der Waals surface area contributed by atoms with Gasteiger partial charge in [0.2, 0.25) is 5.91 Å². The molecule has 1 fully saturated rings. The second kappa shape index (κ2) is 4.49. The summed E-state index contributed by atoms with van der Waals surface area (Å²) in [4.78, 5) is 14.2. The number of hydrogen-bond donors (Lipinski definition) is 1. The van der Waals surface area contributed by atoms with Crippen LogP contribution in [0.3, 0.4) is 0 Å². The fraction of sp³-hybridized carbons (Fsp3) is 0.500. The first-order valence-corrected chi connectivity index (χ1v) is 6.09. The van der Waals surface area contributed by atoms with Crippen LogP contribution < -0.4 is 5.32 Å². The van der Waals surface area contributed by atoms with Crippen LogP contribution in [0, 0.1) is 6.92 Å². The summed E-state index contributed by atoms with van der Waals surface area (Å²) in [6.07, 6.45) is 0. The summed E-state index contributed by atoms with van der Waals surface area (Å²) < 4.78 is 0. The Kier molecular flexibility index (Phi) is 3.20. The number of amides is 1. The van der Waals surface area contributed by atoms with Crippen LogP contribution in [0.4, 0.5) is 0 Å². The average molecular weight is 232 g/mol. The van der Waals surface area contributed by atoms with E-state index in [4.69, 9.17) is 0 Å². The van der Waals surface area contributed by atoms with E-state index in [1.54, 1.807) is 0 Å². The average Bonchev–Trinajstić information content (AvgIpc) is 2.28. The molecular weight excluding hydrogens is 212 g/mol. The second-order valence-electron chi connectivity index (χ2n) is 5.20. The first-order valence-electron chi connectivity index (χ1n) is 6.09. The van der Waals surface area contributed by atoms with E-state index in [9.17, 15) is 4.79 Å². The lowest BCUT2D eigenvalue weighted by Gasteiger charge is -2.38. The number of benzene rings is 1. The predicted molar refractivity (Wildman–Crippen MR) is 68.7 cm³/mol. The smallest absolute Gasteiger partial charge is 0.242 e. The van der Waals surface area contributed by atoms with Crippen LogP contribution in [0.25, 0.3) is 0 Å². The number of piperazine rings is 1. The van der Waals surface area contributed by atoms with Gasteiger partial charge in [-0.05, 0) is 31.9 Å². The van der Waals surface area contributed by atoms with Crippen molar-refractivity contribution < 1.29 is 4.79 Å². The highest BCUT2D eigenvalue weighted by atomic mass is 16.2. The third kappa shape index (κ3) is 2.50. The normalized spacial score (nSPS) is 19.5. The first kappa shape index (κ1) is 12.1. The molecule has 1 saturated heterocycles. The molecule has 1 aromatic rings. The minimum atomic E-state index is -0.430. The van der Waals surface area contributed by atoms with Crippen molar-refractivity contribution in [3.63, 3.8) is 0 Å². The van der Waals surface area contributed by atoms with E-state index in [0.29, 0.717) is 0 Å². The molecule has 1 heterocycles. The lowest BCUT2D eigenvalue weighted by molar-refractivity contribution is -0.140. The minimum absolute atomic E-state index is 0.187. The summed E-state index contributed by atoms with van der Waals surface area (Å²) in [6, 6.07) is 8.24. The van der Waals surface area contributed by atoms with Crippen molar-refractivity contribution in [1.82, 2.24) is 10.2 Å². The van der Waals surface area contributed by atoms with Gasteiger partial charge >= 0.3 is 0 Å². The van der Waals surface area contributed by atoms with Crippen molar-refractivity contribution in [2.24, 2.45) is 0 Å². The Labute approximate surface area is 103 Å². The molecule has 1 aliphatic heterocycles. The van der Waals surface area contributed by atoms with Crippen molar-refractivity contribution in [3.05, 3.63) is 35.4 Å². The van der Waals surface area contributed by atoms with Crippen molar-refractivity contribution in [3.8, 4) is 0 Å². The van der Waals surface area contributed by atoms with Gasteiger partial charge in [0, 0.05) is 19.6 Å². The Balaban J connectivity index is 2.14. The van der Waals surface area contributed by atoms with E-state index in [0.717, 1.165) is 19.6 Å². The number of hydrogen-bond acceptors (Lipinski definition) is 2. The number of aryl methyl sites for hydroxylation is 1. The molecule has 0 spiro atoms. The Morgan fingerprint density at radius 1 is 1.35 bits per heavy atom. The predicted octanol–water partition coefficient (Wildman–Crippen LogP) is 1.71. The van der Waals surface area contributed by atoms with Gasteiger partial charge in [0.15, 0.2) is 0 Å². The third-order valence-corrected chi connectivity index (χ3v) is 3.39. The Hall–Kier alpha value is -1.35. The maximum Gasteiger partial charge on any atom is 0.242 e. The largest absolute Gasteiger partial charge is 0.336 e. The highest BCUT2D eigenvalue weighted by molar-refractivity contribution is 5.86. The molecule has 17 heavy (non-hydrogen) atoms. The van der Waals surface area contributed by atoms with Gasteiger partial charge in [0.05, 0.1) is 5.54 Å². The van der Waals surface area contributed by atoms with Crippen LogP contribution in [0.15, 0.2) is 24.3 Å². The third-order valence-electron chi connectivity index (χ3n) is 3.39. The van der Waals surface area contributed by atoms with Crippen LogP contribution in [0.1, 0.15) is 25.0 Å². The Bertz CT molecular complexity index is 426. The molecule has 3 nitrogen and oxygen atoms in total. The van der Waals surface area contributed by atoms with E-state index >= 15 is 0 Å². The van der Waals surface area contributed by atoms with Crippen LogP contribution in [0.2, 0.25) is 0 Å². The minimum Gasteiger partial charge on any atom is -0.336 e. The van der Waals surface area contributed by atoms with Gasteiger partial charge in [-0.2, -0.15) is 0 Å². The first-order chi connectivity index (χ1) is 8.00. The molecule has 0 aliphatic carbocycles. The van der Waals surface area contributed by atoms with E-state index in [1.807, 2.05) is 30.9 Å². The van der Waals surface area contributed by atoms with Gasteiger partial charge in [-0.3, -0.25) is 4.79 Å². The summed E-state index contributed by atoms with van der Waals surface area (Å²) in [6.45, 7) is 8.35. The molecule has 0 radical (unpaired) electrons. The van der Waals surface area contributed by atoms with Crippen LogP contribution >= 0.6 is 0 Å². The number of carbonyl (C=O) groups excluding carboxylic acids is 1. The zero-order chi connectivity index (χ0) is 12.5. The quantitative estimate of drug-likeness (QED) is 0.842. The highest BCUT2D eigenvalue weighted by Crippen LogP contribution is 2.17. The van der Waals surface area contributed by atoms with E-state index in [-0.39, 0.29) is 5.91 Å². The number of nitrogens with zero attached hydrogens (tertiary/aromatic N) is 1. The molecule has 1 aliphatic rings. The number of nitrogens with one attached hydrogen (secondary N) is 1. The summed E-state index contributed by atoms with van der Waals surface area (Å²) >= 11 is 0. The molecule has 1 aromatic carbocycles. The van der Waals surface area contributed by atoms with Crippen LogP contribution in [0.5, 0.6) is 0 Å². The van der Waals surface area contributed by atoms with Crippen molar-refractivity contribution in [2.45, 2.75) is 32.9 Å². The molecule has 0 saturated carbocycles. The van der Waals surface area contributed by atoms with Gasteiger partial charge < -0.3 is 10.2 Å². The van der Waals surface area contributed by atoms with E-state index in [1.165, 1.54) is 11.1 Å². The summed E-state index contributed by atoms with van der Waals surface area (Å²) in [5, 5.41) is 3.25. The standard InChI is InChI=1S/C14H20N2O/c1-11-6-4-5-7-12(11)10-16-9-8-15-14(2,3)13(16)17/h4-7,15H,8-10H2,1-3H3. The van der Waals surface area contributed by atoms with Gasteiger partial charge in [-0.25, -0.2) is 0 Å². The maximum absolute atomic E-state index is 12.2. The SMILES string of the molecule is Cc1ccccc1CN1CCNC(C)(C)C1=O. The van der Waals surface area contributed by atoms with Gasteiger partial charge in [-0.15, -0.1) is 0 Å². The maximum atomic E-state index is 12.2. The Morgan fingerprint density at radius 2 is 2.06 bits per heavy atom. The molecule has 1 N–H and O–H groups in total.